The standard InChI is InChI=1S/C11H9ClN2O3/c12-7-4-2-1-3-6(7)8-5-9(10(15)16)14-11(17)13-8/h1-5,8H,(H,15,16)(H2,13,14,17)/t8-/m0/s1. The molecule has 0 bridgehead atoms. The Morgan fingerprint density at radius 1 is 1.35 bits per heavy atom. The molecule has 0 spiro atoms. The first-order valence-electron chi connectivity index (χ1n) is 4.85. The fourth-order valence-electron chi connectivity index (χ4n) is 1.57. The molecule has 5 nitrogen and oxygen atoms in total. The predicted molar refractivity (Wildman–Crippen MR) is 61.6 cm³/mol. The van der Waals surface area contributed by atoms with Crippen LogP contribution in [0.5, 0.6) is 0 Å². The average molecular weight is 253 g/mol. The number of carboxylic acids is 1. The van der Waals surface area contributed by atoms with Crippen LogP contribution in [0.2, 0.25) is 5.02 Å². The Kier molecular flexibility index (Phi) is 3.01. The highest BCUT2D eigenvalue weighted by molar-refractivity contribution is 6.31. The molecule has 88 valence electrons. The Balaban J connectivity index is 2.39. The van der Waals surface area contributed by atoms with Crippen LogP contribution in [0.4, 0.5) is 4.79 Å². The number of halogens is 1. The van der Waals surface area contributed by atoms with Gasteiger partial charge < -0.3 is 15.7 Å². The minimum Gasteiger partial charge on any atom is -0.477 e. The molecule has 0 radical (unpaired) electrons. The molecule has 0 aliphatic carbocycles. The van der Waals surface area contributed by atoms with Gasteiger partial charge in [0.2, 0.25) is 0 Å². The Labute approximate surface area is 102 Å². The van der Waals surface area contributed by atoms with Crippen molar-refractivity contribution in [2.45, 2.75) is 6.04 Å². The molecule has 0 unspecified atom stereocenters. The molecule has 1 heterocycles. The lowest BCUT2D eigenvalue weighted by Gasteiger charge is -2.22. The Morgan fingerprint density at radius 3 is 2.71 bits per heavy atom. The van der Waals surface area contributed by atoms with E-state index in [1.807, 2.05) is 0 Å². The molecule has 0 saturated carbocycles. The molecule has 1 aromatic carbocycles. The normalized spacial score (nSPS) is 19.0. The molecule has 6 heteroatoms. The van der Waals surface area contributed by atoms with Gasteiger partial charge in [-0.05, 0) is 17.7 Å². The third-order valence-corrected chi connectivity index (χ3v) is 2.68. The van der Waals surface area contributed by atoms with E-state index in [1.165, 1.54) is 6.08 Å². The van der Waals surface area contributed by atoms with E-state index in [2.05, 4.69) is 10.6 Å². The third-order valence-electron chi connectivity index (χ3n) is 2.34. The van der Waals surface area contributed by atoms with Crippen molar-refractivity contribution < 1.29 is 14.7 Å². The summed E-state index contributed by atoms with van der Waals surface area (Å²) < 4.78 is 0. The molecule has 0 saturated heterocycles. The van der Waals surface area contributed by atoms with Gasteiger partial charge in [-0.2, -0.15) is 0 Å². The molecule has 1 atom stereocenters. The second kappa shape index (κ2) is 4.47. The molecule has 17 heavy (non-hydrogen) atoms. The number of rotatable bonds is 2. The lowest BCUT2D eigenvalue weighted by atomic mass is 10.0. The zero-order chi connectivity index (χ0) is 12.4. The minimum atomic E-state index is -1.18. The number of hydrogen-bond donors (Lipinski definition) is 3. The molecular formula is C11H9ClN2O3. The van der Waals surface area contributed by atoms with Gasteiger partial charge in [-0.1, -0.05) is 29.8 Å². The zero-order valence-electron chi connectivity index (χ0n) is 8.61. The Morgan fingerprint density at radius 2 is 2.06 bits per heavy atom. The quantitative estimate of drug-likeness (QED) is 0.749. The highest BCUT2D eigenvalue weighted by Gasteiger charge is 2.24. The van der Waals surface area contributed by atoms with Crippen LogP contribution in [0.25, 0.3) is 0 Å². The summed E-state index contributed by atoms with van der Waals surface area (Å²) in [7, 11) is 0. The van der Waals surface area contributed by atoms with Crippen molar-refractivity contribution in [3.8, 4) is 0 Å². The highest BCUT2D eigenvalue weighted by atomic mass is 35.5. The highest BCUT2D eigenvalue weighted by Crippen LogP contribution is 2.25. The summed E-state index contributed by atoms with van der Waals surface area (Å²) in [6.45, 7) is 0. The fraction of sp³-hybridized carbons (Fsp3) is 0.0909. The lowest BCUT2D eigenvalue weighted by molar-refractivity contribution is -0.133. The molecule has 2 amide bonds. The summed E-state index contributed by atoms with van der Waals surface area (Å²) in [6.07, 6.45) is 1.41. The van der Waals surface area contributed by atoms with Crippen LogP contribution in [0.1, 0.15) is 11.6 Å². The van der Waals surface area contributed by atoms with Gasteiger partial charge in [0, 0.05) is 5.02 Å². The van der Waals surface area contributed by atoms with Crippen LogP contribution in [-0.2, 0) is 4.79 Å². The van der Waals surface area contributed by atoms with Gasteiger partial charge >= 0.3 is 12.0 Å². The van der Waals surface area contributed by atoms with E-state index in [1.54, 1.807) is 24.3 Å². The number of aliphatic carboxylic acids is 1. The van der Waals surface area contributed by atoms with E-state index in [-0.39, 0.29) is 5.70 Å². The maximum Gasteiger partial charge on any atom is 0.352 e. The van der Waals surface area contributed by atoms with Crippen molar-refractivity contribution in [1.82, 2.24) is 10.6 Å². The maximum atomic E-state index is 11.3. The molecule has 1 aromatic rings. The van der Waals surface area contributed by atoms with Crippen molar-refractivity contribution in [1.29, 1.82) is 0 Å². The number of carboxylic acid groups (broad SMARTS) is 1. The van der Waals surface area contributed by atoms with Crippen molar-refractivity contribution in [2.75, 3.05) is 0 Å². The SMILES string of the molecule is O=C1NC(C(=O)O)=C[C@@H](c2ccccc2Cl)N1. The first kappa shape index (κ1) is 11.5. The smallest absolute Gasteiger partial charge is 0.352 e. The van der Waals surface area contributed by atoms with E-state index >= 15 is 0 Å². The number of benzene rings is 1. The van der Waals surface area contributed by atoms with E-state index in [0.717, 1.165) is 0 Å². The van der Waals surface area contributed by atoms with Gasteiger partial charge in [0.1, 0.15) is 5.70 Å². The summed E-state index contributed by atoms with van der Waals surface area (Å²) in [6, 6.07) is 5.84. The summed E-state index contributed by atoms with van der Waals surface area (Å²) in [5.41, 5.74) is 0.501. The van der Waals surface area contributed by atoms with Crippen molar-refractivity contribution in [3.63, 3.8) is 0 Å². The van der Waals surface area contributed by atoms with Gasteiger partial charge in [-0.15, -0.1) is 0 Å². The summed E-state index contributed by atoms with van der Waals surface area (Å²) in [5.74, 6) is -1.18. The van der Waals surface area contributed by atoms with Gasteiger partial charge in [0.15, 0.2) is 0 Å². The Hall–Kier alpha value is -2.01. The maximum absolute atomic E-state index is 11.3. The molecule has 0 aromatic heterocycles. The van der Waals surface area contributed by atoms with E-state index in [0.29, 0.717) is 10.6 Å². The molecule has 2 rings (SSSR count). The van der Waals surface area contributed by atoms with Gasteiger partial charge in [0.25, 0.3) is 0 Å². The van der Waals surface area contributed by atoms with Crippen LogP contribution in [-0.4, -0.2) is 17.1 Å². The first-order valence-corrected chi connectivity index (χ1v) is 5.23. The second-order valence-electron chi connectivity index (χ2n) is 3.48. The fourth-order valence-corrected chi connectivity index (χ4v) is 1.82. The summed E-state index contributed by atoms with van der Waals surface area (Å²) >= 11 is 5.98. The molecule has 3 N–H and O–H groups in total. The van der Waals surface area contributed by atoms with E-state index in [4.69, 9.17) is 16.7 Å². The minimum absolute atomic E-state index is 0.154. The molecule has 1 aliphatic heterocycles. The topological polar surface area (TPSA) is 78.4 Å². The van der Waals surface area contributed by atoms with Crippen molar-refractivity contribution in [3.05, 3.63) is 46.6 Å². The van der Waals surface area contributed by atoms with Crippen LogP contribution in [0, 0.1) is 0 Å². The van der Waals surface area contributed by atoms with Crippen LogP contribution < -0.4 is 10.6 Å². The molecular weight excluding hydrogens is 244 g/mol. The van der Waals surface area contributed by atoms with Gasteiger partial charge in [-0.25, -0.2) is 9.59 Å². The summed E-state index contributed by atoms with van der Waals surface area (Å²) in [4.78, 5) is 22.1. The largest absolute Gasteiger partial charge is 0.477 e. The second-order valence-corrected chi connectivity index (χ2v) is 3.89. The summed E-state index contributed by atoms with van der Waals surface area (Å²) in [5, 5.41) is 14.1. The number of carbonyl (C=O) groups is 2. The number of carbonyl (C=O) groups excluding carboxylic acids is 1. The van der Waals surface area contributed by atoms with Crippen LogP contribution in [0.15, 0.2) is 36.0 Å². The first-order chi connectivity index (χ1) is 8.08. The third kappa shape index (κ3) is 2.39. The monoisotopic (exact) mass is 252 g/mol. The van der Waals surface area contributed by atoms with Gasteiger partial charge in [-0.3, -0.25) is 0 Å². The molecule has 0 fully saturated rings. The van der Waals surface area contributed by atoms with Crippen molar-refractivity contribution >= 4 is 23.6 Å². The van der Waals surface area contributed by atoms with Crippen molar-refractivity contribution in [2.24, 2.45) is 0 Å². The van der Waals surface area contributed by atoms with E-state index < -0.39 is 18.0 Å². The Bertz CT molecular complexity index is 513. The van der Waals surface area contributed by atoms with Crippen LogP contribution >= 0.6 is 11.6 Å². The number of nitrogens with one attached hydrogen (secondary N) is 2. The zero-order valence-corrected chi connectivity index (χ0v) is 9.36. The number of hydrogen-bond acceptors (Lipinski definition) is 2. The average Bonchev–Trinajstić information content (AvgIpc) is 2.28. The number of amides is 2. The van der Waals surface area contributed by atoms with E-state index in [9.17, 15) is 9.59 Å². The van der Waals surface area contributed by atoms with Crippen LogP contribution in [0.3, 0.4) is 0 Å². The van der Waals surface area contributed by atoms with Gasteiger partial charge in [0.05, 0.1) is 6.04 Å². The predicted octanol–water partition coefficient (Wildman–Crippen LogP) is 1.66. The molecule has 1 aliphatic rings. The lowest BCUT2D eigenvalue weighted by Crippen LogP contribution is -2.43. The number of urea groups is 1.